The number of hydroxylamine groups is 2. The Morgan fingerprint density at radius 1 is 1.10 bits per heavy atom. The van der Waals surface area contributed by atoms with Gasteiger partial charge in [-0.15, -0.1) is 0 Å². The first-order chi connectivity index (χ1) is 13.6. The van der Waals surface area contributed by atoms with Crippen LogP contribution in [-0.2, 0) is 16.1 Å². The summed E-state index contributed by atoms with van der Waals surface area (Å²) < 4.78 is 10.5. The van der Waals surface area contributed by atoms with Crippen LogP contribution in [0.15, 0.2) is 34.7 Å². The van der Waals surface area contributed by atoms with Crippen molar-refractivity contribution in [1.29, 1.82) is 0 Å². The van der Waals surface area contributed by atoms with E-state index in [1.165, 1.54) is 18.2 Å². The molecule has 1 N–H and O–H groups in total. The fourth-order valence-corrected chi connectivity index (χ4v) is 2.69. The fourth-order valence-electron chi connectivity index (χ4n) is 2.69. The Morgan fingerprint density at radius 3 is 2.24 bits per heavy atom. The lowest BCUT2D eigenvalue weighted by Crippen LogP contribution is -2.32. The number of furan rings is 1. The molecule has 152 valence electrons. The van der Waals surface area contributed by atoms with Gasteiger partial charge in [-0.1, -0.05) is 17.2 Å². The molecule has 1 aliphatic heterocycles. The molecule has 0 atom stereocenters. The number of hydrogen-bond donors (Lipinski definition) is 1. The third-order valence-corrected chi connectivity index (χ3v) is 3.89. The predicted octanol–water partition coefficient (Wildman–Crippen LogP) is 2.98. The number of imide groups is 1. The molecule has 1 aliphatic rings. The molecule has 2 aromatic rings. The Kier molecular flexibility index (Phi) is 5.15. The third kappa shape index (κ3) is 4.29. The second-order valence-electron chi connectivity index (χ2n) is 7.41. The molecule has 0 radical (unpaired) electrons. The van der Waals surface area contributed by atoms with Crippen LogP contribution in [0.3, 0.4) is 0 Å². The second-order valence-corrected chi connectivity index (χ2v) is 7.41. The number of benzene rings is 1. The molecular weight excluding hydrogens is 380 g/mol. The number of nitrogens with zero attached hydrogens (tertiary/aromatic N) is 1. The Bertz CT molecular complexity index is 965. The number of hydrogen-bond acceptors (Lipinski definition) is 7. The van der Waals surface area contributed by atoms with Crippen LogP contribution in [0.5, 0.6) is 0 Å². The van der Waals surface area contributed by atoms with Crippen LogP contribution in [0, 0.1) is 6.92 Å². The summed E-state index contributed by atoms with van der Waals surface area (Å²) in [4.78, 5) is 53.7. The van der Waals surface area contributed by atoms with Crippen LogP contribution in [0.25, 0.3) is 0 Å². The van der Waals surface area contributed by atoms with E-state index in [-0.39, 0.29) is 29.2 Å². The summed E-state index contributed by atoms with van der Waals surface area (Å²) in [6.45, 7) is 6.78. The molecule has 0 aliphatic carbocycles. The Morgan fingerprint density at radius 2 is 1.69 bits per heavy atom. The number of nitrogens with one attached hydrogen (secondary N) is 1. The number of ether oxygens (including phenoxy) is 1. The number of aryl methyl sites for hydroxylation is 1. The van der Waals surface area contributed by atoms with Crippen molar-refractivity contribution >= 4 is 23.9 Å². The molecule has 9 nitrogen and oxygen atoms in total. The number of rotatable bonds is 4. The normalized spacial score (nSPS) is 13.3. The van der Waals surface area contributed by atoms with Gasteiger partial charge in [0.1, 0.15) is 11.4 Å². The van der Waals surface area contributed by atoms with Gasteiger partial charge in [0.05, 0.1) is 17.7 Å². The Balaban J connectivity index is 1.66. The summed E-state index contributed by atoms with van der Waals surface area (Å²) in [5.74, 6) is -2.35. The molecule has 9 heteroatoms. The molecule has 0 saturated carbocycles. The molecule has 1 aromatic heterocycles. The van der Waals surface area contributed by atoms with Crippen molar-refractivity contribution in [2.45, 2.75) is 39.8 Å². The maximum absolute atomic E-state index is 12.4. The van der Waals surface area contributed by atoms with E-state index in [0.717, 1.165) is 0 Å². The molecule has 0 saturated heterocycles. The van der Waals surface area contributed by atoms with E-state index >= 15 is 0 Å². The summed E-state index contributed by atoms with van der Waals surface area (Å²) in [6, 6.07) is 7.70. The minimum Gasteiger partial charge on any atom is -0.452 e. The number of alkyl carbamates (subject to hydrolysis) is 1. The van der Waals surface area contributed by atoms with Crippen molar-refractivity contribution in [2.24, 2.45) is 0 Å². The minimum atomic E-state index is -1.000. The zero-order valence-electron chi connectivity index (χ0n) is 16.4. The molecule has 0 spiro atoms. The SMILES string of the molecule is Cc1cc(CNC(=O)OC(C)(C)C)oc1C(=O)ON1C(=O)c2ccccc2C1=O. The molecule has 0 fully saturated rings. The fraction of sp³-hybridized carbons (Fsp3) is 0.300. The van der Waals surface area contributed by atoms with Crippen LogP contribution in [-0.4, -0.2) is 34.5 Å². The first kappa shape index (κ1) is 20.1. The maximum Gasteiger partial charge on any atom is 0.408 e. The van der Waals surface area contributed by atoms with Crippen molar-refractivity contribution in [3.8, 4) is 0 Å². The summed E-state index contributed by atoms with van der Waals surface area (Å²) in [5.41, 5.74) is 0.0878. The van der Waals surface area contributed by atoms with E-state index in [2.05, 4.69) is 5.32 Å². The highest BCUT2D eigenvalue weighted by Crippen LogP contribution is 2.24. The lowest BCUT2D eigenvalue weighted by atomic mass is 10.1. The smallest absolute Gasteiger partial charge is 0.408 e. The second kappa shape index (κ2) is 7.42. The van der Waals surface area contributed by atoms with Crippen molar-refractivity contribution < 1.29 is 33.2 Å². The van der Waals surface area contributed by atoms with Gasteiger partial charge in [-0.05, 0) is 45.9 Å². The summed E-state index contributed by atoms with van der Waals surface area (Å²) in [6.07, 6.45) is -0.637. The summed E-state index contributed by atoms with van der Waals surface area (Å²) in [5, 5.41) is 2.92. The van der Waals surface area contributed by atoms with E-state index in [1.54, 1.807) is 39.8 Å². The average Bonchev–Trinajstić information content (AvgIpc) is 3.12. The highest BCUT2D eigenvalue weighted by molar-refractivity contribution is 6.21. The molecule has 3 rings (SSSR count). The number of amides is 3. The topological polar surface area (TPSA) is 115 Å². The van der Waals surface area contributed by atoms with Crippen molar-refractivity contribution in [2.75, 3.05) is 0 Å². The molecule has 0 unspecified atom stereocenters. The predicted molar refractivity (Wildman–Crippen MR) is 98.9 cm³/mol. The minimum absolute atomic E-state index is 0.0178. The standard InChI is InChI=1S/C20H20N2O7/c1-11-9-12(10-21-19(26)28-20(2,3)4)27-15(11)18(25)29-22-16(23)13-7-5-6-8-14(13)17(22)24/h5-9H,10H2,1-4H3,(H,21,26). The molecule has 1 aromatic carbocycles. The largest absolute Gasteiger partial charge is 0.452 e. The number of carbonyl (C=O) groups is 4. The van der Waals surface area contributed by atoms with Gasteiger partial charge in [0.25, 0.3) is 11.8 Å². The van der Waals surface area contributed by atoms with E-state index in [0.29, 0.717) is 10.6 Å². The van der Waals surface area contributed by atoms with E-state index in [4.69, 9.17) is 14.0 Å². The van der Waals surface area contributed by atoms with Crippen LogP contribution in [0.4, 0.5) is 4.79 Å². The number of fused-ring (bicyclic) bond motifs is 1. The number of carbonyl (C=O) groups excluding carboxylic acids is 4. The van der Waals surface area contributed by atoms with Gasteiger partial charge in [-0.3, -0.25) is 9.59 Å². The van der Waals surface area contributed by atoms with Crippen LogP contribution in [0.1, 0.15) is 63.4 Å². The van der Waals surface area contributed by atoms with Crippen LogP contribution in [0.2, 0.25) is 0 Å². The summed E-state index contributed by atoms with van der Waals surface area (Å²) >= 11 is 0. The lowest BCUT2D eigenvalue weighted by molar-refractivity contribution is -0.0604. The van der Waals surface area contributed by atoms with E-state index in [1.807, 2.05) is 0 Å². The van der Waals surface area contributed by atoms with Gasteiger partial charge in [-0.25, -0.2) is 9.59 Å². The highest BCUT2D eigenvalue weighted by Gasteiger charge is 2.39. The zero-order valence-corrected chi connectivity index (χ0v) is 16.4. The molecular formula is C20H20N2O7. The third-order valence-electron chi connectivity index (χ3n) is 3.89. The molecule has 29 heavy (non-hydrogen) atoms. The van der Waals surface area contributed by atoms with Gasteiger partial charge in [0.2, 0.25) is 5.76 Å². The van der Waals surface area contributed by atoms with Crippen molar-refractivity contribution in [1.82, 2.24) is 10.4 Å². The average molecular weight is 400 g/mol. The van der Waals surface area contributed by atoms with Crippen molar-refractivity contribution in [3.05, 3.63) is 58.5 Å². The molecule has 2 heterocycles. The molecule has 0 bridgehead atoms. The Labute approximate surface area is 166 Å². The van der Waals surface area contributed by atoms with E-state index in [9.17, 15) is 19.2 Å². The first-order valence-electron chi connectivity index (χ1n) is 8.83. The lowest BCUT2D eigenvalue weighted by Gasteiger charge is -2.19. The van der Waals surface area contributed by atoms with Crippen molar-refractivity contribution in [3.63, 3.8) is 0 Å². The van der Waals surface area contributed by atoms with Gasteiger partial charge < -0.3 is 19.3 Å². The summed E-state index contributed by atoms with van der Waals surface area (Å²) in [7, 11) is 0. The van der Waals surface area contributed by atoms with Gasteiger partial charge >= 0.3 is 12.1 Å². The van der Waals surface area contributed by atoms with E-state index < -0.39 is 29.5 Å². The first-order valence-corrected chi connectivity index (χ1v) is 8.83. The van der Waals surface area contributed by atoms with Crippen LogP contribution < -0.4 is 5.32 Å². The van der Waals surface area contributed by atoms with Gasteiger partial charge in [0, 0.05) is 5.56 Å². The Hall–Kier alpha value is -3.62. The zero-order chi connectivity index (χ0) is 21.3. The monoisotopic (exact) mass is 400 g/mol. The highest BCUT2D eigenvalue weighted by atomic mass is 16.7. The van der Waals surface area contributed by atoms with Crippen LogP contribution >= 0.6 is 0 Å². The van der Waals surface area contributed by atoms with Gasteiger partial charge in [0.15, 0.2) is 0 Å². The quantitative estimate of drug-likeness (QED) is 0.785. The van der Waals surface area contributed by atoms with Gasteiger partial charge in [-0.2, -0.15) is 0 Å². The molecule has 3 amide bonds. The maximum atomic E-state index is 12.4.